The minimum Gasteiger partial charge on any atom is -0.497 e. The van der Waals surface area contributed by atoms with Gasteiger partial charge in [0, 0.05) is 5.02 Å². The molecule has 6 nitrogen and oxygen atoms in total. The van der Waals surface area contributed by atoms with Gasteiger partial charge < -0.3 is 20.1 Å². The molecule has 2 N–H and O–H groups in total. The van der Waals surface area contributed by atoms with Crippen LogP contribution in [0, 0.1) is 0 Å². The molecule has 7 heteroatoms. The van der Waals surface area contributed by atoms with Gasteiger partial charge in [0.1, 0.15) is 11.5 Å². The summed E-state index contributed by atoms with van der Waals surface area (Å²) >= 11 is 5.91. The first-order valence-corrected chi connectivity index (χ1v) is 7.91. The van der Waals surface area contributed by atoms with Crippen LogP contribution < -0.4 is 20.1 Å². The van der Waals surface area contributed by atoms with Crippen LogP contribution in [0.4, 0.5) is 5.69 Å². The lowest BCUT2D eigenvalue weighted by Gasteiger charge is -2.15. The maximum atomic E-state index is 12.1. The molecule has 0 aliphatic heterocycles. The summed E-state index contributed by atoms with van der Waals surface area (Å²) < 4.78 is 10.2. The maximum absolute atomic E-state index is 12.1. The first-order valence-electron chi connectivity index (χ1n) is 7.54. The van der Waals surface area contributed by atoms with Gasteiger partial charge in [-0.15, -0.1) is 0 Å². The highest BCUT2D eigenvalue weighted by atomic mass is 35.5. The molecule has 0 fully saturated rings. The summed E-state index contributed by atoms with van der Waals surface area (Å²) in [5.41, 5.74) is 1.18. The highest BCUT2D eigenvalue weighted by Gasteiger charge is 2.19. The Morgan fingerprint density at radius 3 is 2.28 bits per heavy atom. The fraction of sp³-hybridized carbons (Fsp3) is 0.222. The monoisotopic (exact) mass is 362 g/mol. The van der Waals surface area contributed by atoms with Gasteiger partial charge in [-0.25, -0.2) is 0 Å². The second-order valence-corrected chi connectivity index (χ2v) is 5.70. The molecule has 1 atom stereocenters. The summed E-state index contributed by atoms with van der Waals surface area (Å²) in [6.07, 6.45) is 0. The summed E-state index contributed by atoms with van der Waals surface area (Å²) in [7, 11) is 3.04. The molecule has 0 heterocycles. The summed E-state index contributed by atoms with van der Waals surface area (Å²) in [4.78, 5) is 24.2. The first kappa shape index (κ1) is 18.6. The molecule has 2 rings (SSSR count). The van der Waals surface area contributed by atoms with E-state index < -0.39 is 11.8 Å². The normalized spacial score (nSPS) is 11.4. The van der Waals surface area contributed by atoms with E-state index >= 15 is 0 Å². The number of carbonyl (C=O) groups excluding carboxylic acids is 2. The van der Waals surface area contributed by atoms with Gasteiger partial charge in [-0.05, 0) is 42.8 Å². The van der Waals surface area contributed by atoms with Crippen molar-refractivity contribution in [3.63, 3.8) is 0 Å². The third-order valence-electron chi connectivity index (χ3n) is 3.58. The van der Waals surface area contributed by atoms with Crippen molar-refractivity contribution >= 4 is 29.1 Å². The van der Waals surface area contributed by atoms with Crippen molar-refractivity contribution in [1.29, 1.82) is 0 Å². The SMILES string of the molecule is COc1ccc(C(C)NC(=O)C(=O)Nc2cc(Cl)ccc2OC)cc1. The van der Waals surface area contributed by atoms with Gasteiger partial charge in [-0.1, -0.05) is 23.7 Å². The second-order valence-electron chi connectivity index (χ2n) is 5.27. The number of anilines is 1. The number of hydrogen-bond acceptors (Lipinski definition) is 4. The number of nitrogens with one attached hydrogen (secondary N) is 2. The molecule has 25 heavy (non-hydrogen) atoms. The molecule has 0 spiro atoms. The van der Waals surface area contributed by atoms with Crippen LogP contribution in [0.15, 0.2) is 42.5 Å². The first-order chi connectivity index (χ1) is 11.9. The van der Waals surface area contributed by atoms with E-state index in [4.69, 9.17) is 21.1 Å². The molecular weight excluding hydrogens is 344 g/mol. The third-order valence-corrected chi connectivity index (χ3v) is 3.81. The third kappa shape index (κ3) is 4.87. The van der Waals surface area contributed by atoms with Gasteiger partial charge in [0.05, 0.1) is 25.9 Å². The molecular formula is C18H19ClN2O4. The number of carbonyl (C=O) groups is 2. The number of hydrogen-bond donors (Lipinski definition) is 2. The Morgan fingerprint density at radius 1 is 1.00 bits per heavy atom. The van der Waals surface area contributed by atoms with Crippen molar-refractivity contribution in [2.75, 3.05) is 19.5 Å². The lowest BCUT2D eigenvalue weighted by Crippen LogP contribution is -2.37. The molecule has 0 bridgehead atoms. The molecule has 0 saturated carbocycles. The van der Waals surface area contributed by atoms with E-state index in [1.165, 1.54) is 13.2 Å². The number of rotatable bonds is 5. The Bertz CT molecular complexity index is 762. The Labute approximate surface area is 151 Å². The maximum Gasteiger partial charge on any atom is 0.313 e. The summed E-state index contributed by atoms with van der Waals surface area (Å²) in [6.45, 7) is 1.78. The average Bonchev–Trinajstić information content (AvgIpc) is 2.61. The molecule has 0 radical (unpaired) electrons. The molecule has 2 amide bonds. The molecule has 2 aromatic carbocycles. The minimum absolute atomic E-state index is 0.326. The van der Waals surface area contributed by atoms with Crippen molar-refractivity contribution < 1.29 is 19.1 Å². The lowest BCUT2D eigenvalue weighted by atomic mass is 10.1. The molecule has 0 aromatic heterocycles. The fourth-order valence-electron chi connectivity index (χ4n) is 2.20. The molecule has 2 aromatic rings. The standard InChI is InChI=1S/C18H19ClN2O4/c1-11(12-4-7-14(24-2)8-5-12)20-17(22)18(23)21-15-10-13(19)6-9-16(15)25-3/h4-11H,1-3H3,(H,20,22)(H,21,23). The summed E-state index contributed by atoms with van der Waals surface area (Å²) in [6, 6.07) is 11.6. The molecule has 0 saturated heterocycles. The van der Waals surface area contributed by atoms with Crippen LogP contribution in [-0.4, -0.2) is 26.0 Å². The topological polar surface area (TPSA) is 76.7 Å². The average molecular weight is 363 g/mol. The van der Waals surface area contributed by atoms with E-state index in [9.17, 15) is 9.59 Å². The van der Waals surface area contributed by atoms with Crippen LogP contribution in [0.5, 0.6) is 11.5 Å². The van der Waals surface area contributed by atoms with E-state index in [1.807, 2.05) is 12.1 Å². The second kappa shape index (κ2) is 8.39. The highest BCUT2D eigenvalue weighted by Crippen LogP contribution is 2.27. The quantitative estimate of drug-likeness (QED) is 0.801. The molecule has 1 unspecified atom stereocenters. The van der Waals surface area contributed by atoms with Gasteiger partial charge in [0.25, 0.3) is 0 Å². The van der Waals surface area contributed by atoms with Crippen LogP contribution in [0.1, 0.15) is 18.5 Å². The summed E-state index contributed by atoms with van der Waals surface area (Å²) in [5, 5.41) is 5.56. The van der Waals surface area contributed by atoms with Crippen LogP contribution in [0.3, 0.4) is 0 Å². The van der Waals surface area contributed by atoms with Crippen LogP contribution in [0.2, 0.25) is 5.02 Å². The van der Waals surface area contributed by atoms with Gasteiger partial charge >= 0.3 is 11.8 Å². The highest BCUT2D eigenvalue weighted by molar-refractivity contribution is 6.40. The number of amides is 2. The number of benzene rings is 2. The van der Waals surface area contributed by atoms with Crippen molar-refractivity contribution in [1.82, 2.24) is 5.32 Å². The Balaban J connectivity index is 2.02. The molecule has 0 aliphatic carbocycles. The van der Waals surface area contributed by atoms with Gasteiger partial charge in [-0.2, -0.15) is 0 Å². The lowest BCUT2D eigenvalue weighted by molar-refractivity contribution is -0.136. The van der Waals surface area contributed by atoms with Crippen LogP contribution >= 0.6 is 11.6 Å². The van der Waals surface area contributed by atoms with Gasteiger partial charge in [0.2, 0.25) is 0 Å². The predicted octanol–water partition coefficient (Wildman–Crippen LogP) is 3.17. The van der Waals surface area contributed by atoms with Crippen molar-refractivity contribution in [2.24, 2.45) is 0 Å². The van der Waals surface area contributed by atoms with Crippen molar-refractivity contribution in [2.45, 2.75) is 13.0 Å². The van der Waals surface area contributed by atoms with Gasteiger partial charge in [-0.3, -0.25) is 9.59 Å². The van der Waals surface area contributed by atoms with E-state index in [1.54, 1.807) is 38.3 Å². The van der Waals surface area contributed by atoms with Crippen molar-refractivity contribution in [3.05, 3.63) is 53.1 Å². The van der Waals surface area contributed by atoms with E-state index in [0.717, 1.165) is 5.56 Å². The zero-order chi connectivity index (χ0) is 18.4. The molecule has 132 valence electrons. The Morgan fingerprint density at radius 2 is 1.68 bits per heavy atom. The van der Waals surface area contributed by atoms with Gasteiger partial charge in [0.15, 0.2) is 0 Å². The Hall–Kier alpha value is -2.73. The van der Waals surface area contributed by atoms with Crippen molar-refractivity contribution in [3.8, 4) is 11.5 Å². The fourth-order valence-corrected chi connectivity index (χ4v) is 2.37. The van der Waals surface area contributed by atoms with Crippen LogP contribution in [-0.2, 0) is 9.59 Å². The summed E-state index contributed by atoms with van der Waals surface area (Å²) in [5.74, 6) is -0.437. The van der Waals surface area contributed by atoms with E-state index in [0.29, 0.717) is 22.2 Å². The number of methoxy groups -OCH3 is 2. The zero-order valence-electron chi connectivity index (χ0n) is 14.1. The minimum atomic E-state index is -0.805. The smallest absolute Gasteiger partial charge is 0.313 e. The van der Waals surface area contributed by atoms with E-state index in [2.05, 4.69) is 10.6 Å². The zero-order valence-corrected chi connectivity index (χ0v) is 14.9. The number of ether oxygens (including phenoxy) is 2. The number of halogens is 1. The van der Waals surface area contributed by atoms with E-state index in [-0.39, 0.29) is 6.04 Å². The Kier molecular flexibility index (Phi) is 6.25. The largest absolute Gasteiger partial charge is 0.497 e. The van der Waals surface area contributed by atoms with Crippen LogP contribution in [0.25, 0.3) is 0 Å². The molecule has 0 aliphatic rings. The predicted molar refractivity (Wildman–Crippen MR) is 96.2 cm³/mol.